The largest absolute Gasteiger partial charge is 0.398 e. The number of hydrogen-bond acceptors (Lipinski definition) is 4. The molecule has 0 saturated heterocycles. The first-order valence-corrected chi connectivity index (χ1v) is 8.41. The van der Waals surface area contributed by atoms with Gasteiger partial charge in [0.25, 0.3) is 0 Å². The molecule has 0 radical (unpaired) electrons. The Hall–Kier alpha value is -1.12. The van der Waals surface area contributed by atoms with Crippen LogP contribution in [0, 0.1) is 0 Å². The van der Waals surface area contributed by atoms with Crippen molar-refractivity contribution in [1.82, 2.24) is 9.62 Å². The van der Waals surface area contributed by atoms with Gasteiger partial charge < -0.3 is 10.6 Å². The number of benzene rings is 1. The molecule has 0 unspecified atom stereocenters. The minimum atomic E-state index is -3.80. The highest BCUT2D eigenvalue weighted by atomic mass is 79.9. The Morgan fingerprint density at radius 2 is 1.95 bits per heavy atom. The zero-order chi connectivity index (χ0) is 15.3. The van der Waals surface area contributed by atoms with E-state index in [1.165, 1.54) is 12.1 Å². The van der Waals surface area contributed by atoms with Crippen molar-refractivity contribution in [3.05, 3.63) is 22.7 Å². The van der Waals surface area contributed by atoms with Gasteiger partial charge in [-0.2, -0.15) is 0 Å². The third-order valence-electron chi connectivity index (χ3n) is 2.79. The highest BCUT2D eigenvalue weighted by molar-refractivity contribution is 9.10. The number of halogens is 1. The number of nitrogens with two attached hydrogens (primary N) is 1. The van der Waals surface area contributed by atoms with Crippen molar-refractivity contribution in [3.8, 4) is 0 Å². The minimum absolute atomic E-state index is 0.0342. The molecule has 0 saturated carbocycles. The van der Waals surface area contributed by atoms with Gasteiger partial charge in [-0.25, -0.2) is 13.1 Å². The summed E-state index contributed by atoms with van der Waals surface area (Å²) in [6.07, 6.45) is 0. The van der Waals surface area contributed by atoms with Gasteiger partial charge in [-0.3, -0.25) is 4.79 Å². The lowest BCUT2D eigenvalue weighted by Crippen LogP contribution is -2.40. The molecule has 0 atom stereocenters. The van der Waals surface area contributed by atoms with Crippen LogP contribution in [0.3, 0.4) is 0 Å². The fourth-order valence-electron chi connectivity index (χ4n) is 1.69. The fraction of sp³-hybridized carbons (Fsp3) is 0.417. The summed E-state index contributed by atoms with van der Waals surface area (Å²) in [6.45, 7) is 4.47. The van der Waals surface area contributed by atoms with Crippen molar-refractivity contribution in [1.29, 1.82) is 0 Å². The summed E-state index contributed by atoms with van der Waals surface area (Å²) < 4.78 is 27.1. The molecule has 0 aliphatic heterocycles. The fourth-order valence-corrected chi connectivity index (χ4v) is 3.15. The van der Waals surface area contributed by atoms with Crippen LogP contribution in [0.4, 0.5) is 5.69 Å². The van der Waals surface area contributed by atoms with E-state index in [0.29, 0.717) is 17.6 Å². The summed E-state index contributed by atoms with van der Waals surface area (Å²) in [5.74, 6) is -0.269. The maximum absolute atomic E-state index is 12.1. The quantitative estimate of drug-likeness (QED) is 0.742. The van der Waals surface area contributed by atoms with Crippen LogP contribution in [0.15, 0.2) is 27.6 Å². The molecule has 1 amide bonds. The smallest absolute Gasteiger partial charge is 0.243 e. The first-order chi connectivity index (χ1) is 9.31. The molecule has 112 valence electrons. The van der Waals surface area contributed by atoms with Crippen molar-refractivity contribution in [3.63, 3.8) is 0 Å². The Balaban J connectivity index is 2.83. The molecule has 0 bridgehead atoms. The lowest BCUT2D eigenvalue weighted by Gasteiger charge is -2.18. The van der Waals surface area contributed by atoms with Crippen LogP contribution in [-0.2, 0) is 14.8 Å². The van der Waals surface area contributed by atoms with Crippen molar-refractivity contribution in [2.24, 2.45) is 0 Å². The Morgan fingerprint density at radius 3 is 2.45 bits per heavy atom. The topological polar surface area (TPSA) is 92.5 Å². The molecule has 0 spiro atoms. The molecule has 6 nitrogen and oxygen atoms in total. The number of nitrogens with zero attached hydrogens (tertiary/aromatic N) is 1. The Kier molecular flexibility index (Phi) is 5.97. The highest BCUT2D eigenvalue weighted by Crippen LogP contribution is 2.22. The maximum Gasteiger partial charge on any atom is 0.243 e. The summed E-state index contributed by atoms with van der Waals surface area (Å²) >= 11 is 3.21. The molecule has 0 aliphatic rings. The van der Waals surface area contributed by atoms with E-state index in [1.54, 1.807) is 11.0 Å². The minimum Gasteiger partial charge on any atom is -0.398 e. The number of carbonyl (C=O) groups is 1. The van der Waals surface area contributed by atoms with E-state index in [9.17, 15) is 13.2 Å². The molecule has 0 fully saturated rings. The average molecular weight is 364 g/mol. The van der Waals surface area contributed by atoms with E-state index in [1.807, 2.05) is 13.8 Å². The van der Waals surface area contributed by atoms with Crippen LogP contribution in [-0.4, -0.2) is 38.9 Å². The zero-order valence-corrected chi connectivity index (χ0v) is 13.8. The van der Waals surface area contributed by atoms with Gasteiger partial charge >= 0.3 is 0 Å². The first kappa shape index (κ1) is 16.9. The molecule has 0 aromatic heterocycles. The molecular formula is C12H18BrN3O3S. The van der Waals surface area contributed by atoms with Crippen LogP contribution in [0.2, 0.25) is 0 Å². The van der Waals surface area contributed by atoms with Gasteiger partial charge in [0.15, 0.2) is 0 Å². The maximum atomic E-state index is 12.1. The molecule has 1 aromatic rings. The summed E-state index contributed by atoms with van der Waals surface area (Å²) in [5.41, 5.74) is 5.81. The second-order valence-corrected chi connectivity index (χ2v) is 6.72. The van der Waals surface area contributed by atoms with Crippen molar-refractivity contribution in [2.75, 3.05) is 25.4 Å². The van der Waals surface area contributed by atoms with Crippen LogP contribution in [0.1, 0.15) is 13.8 Å². The molecule has 1 rings (SSSR count). The normalized spacial score (nSPS) is 11.3. The number of rotatable bonds is 6. The van der Waals surface area contributed by atoms with Gasteiger partial charge in [-0.15, -0.1) is 0 Å². The van der Waals surface area contributed by atoms with E-state index >= 15 is 0 Å². The summed E-state index contributed by atoms with van der Waals surface area (Å²) in [6, 6.07) is 4.47. The van der Waals surface area contributed by atoms with Gasteiger partial charge in [-0.05, 0) is 32.0 Å². The molecular weight excluding hydrogens is 346 g/mol. The predicted molar refractivity (Wildman–Crippen MR) is 81.7 cm³/mol. The van der Waals surface area contributed by atoms with Crippen LogP contribution < -0.4 is 10.5 Å². The summed E-state index contributed by atoms with van der Waals surface area (Å²) in [5, 5.41) is 0. The second-order valence-electron chi connectivity index (χ2n) is 4.07. The molecule has 1 aromatic carbocycles. The Bertz CT molecular complexity index is 586. The number of carbonyl (C=O) groups excluding carboxylic acids is 1. The first-order valence-electron chi connectivity index (χ1n) is 6.14. The number of anilines is 1. The van der Waals surface area contributed by atoms with Crippen molar-refractivity contribution >= 4 is 37.5 Å². The van der Waals surface area contributed by atoms with Crippen LogP contribution >= 0.6 is 15.9 Å². The van der Waals surface area contributed by atoms with E-state index in [2.05, 4.69) is 20.7 Å². The molecule has 8 heteroatoms. The van der Waals surface area contributed by atoms with Gasteiger partial charge in [0.1, 0.15) is 4.90 Å². The number of sulfonamides is 1. The third kappa shape index (κ3) is 4.19. The number of nitrogen functional groups attached to an aromatic ring is 1. The van der Waals surface area contributed by atoms with Crippen molar-refractivity contribution in [2.45, 2.75) is 18.7 Å². The number of likely N-dealkylation sites (N-methyl/N-ethyl adjacent to an activating group) is 1. The lowest BCUT2D eigenvalue weighted by atomic mass is 10.3. The predicted octanol–water partition coefficient (Wildman–Crippen LogP) is 1.18. The molecule has 3 N–H and O–H groups in total. The Labute approximate surface area is 127 Å². The van der Waals surface area contributed by atoms with Gasteiger partial charge in [0.2, 0.25) is 15.9 Å². The van der Waals surface area contributed by atoms with Gasteiger partial charge in [0, 0.05) is 17.6 Å². The SMILES string of the molecule is CCN(CC)C(=O)CNS(=O)(=O)c1ccc(Br)cc1N. The van der Waals surface area contributed by atoms with E-state index in [-0.39, 0.29) is 23.0 Å². The van der Waals surface area contributed by atoms with Gasteiger partial charge in [0.05, 0.1) is 12.2 Å². The van der Waals surface area contributed by atoms with Crippen molar-refractivity contribution < 1.29 is 13.2 Å². The van der Waals surface area contributed by atoms with E-state index < -0.39 is 10.0 Å². The molecule has 0 heterocycles. The lowest BCUT2D eigenvalue weighted by molar-refractivity contribution is -0.129. The molecule has 0 aliphatic carbocycles. The standard InChI is InChI=1S/C12H18BrN3O3S/c1-3-16(4-2)12(17)8-15-20(18,19)11-6-5-9(13)7-10(11)14/h5-7,15H,3-4,8,14H2,1-2H3. The number of amides is 1. The summed E-state index contributed by atoms with van der Waals surface area (Å²) in [4.78, 5) is 13.3. The average Bonchev–Trinajstić information content (AvgIpc) is 2.37. The second kappa shape index (κ2) is 7.05. The monoisotopic (exact) mass is 363 g/mol. The van der Waals surface area contributed by atoms with Crippen LogP contribution in [0.5, 0.6) is 0 Å². The third-order valence-corrected chi connectivity index (χ3v) is 4.76. The number of nitrogens with one attached hydrogen (secondary N) is 1. The number of hydrogen-bond donors (Lipinski definition) is 2. The van der Waals surface area contributed by atoms with Gasteiger partial charge in [-0.1, -0.05) is 15.9 Å². The van der Waals surface area contributed by atoms with E-state index in [4.69, 9.17) is 5.73 Å². The highest BCUT2D eigenvalue weighted by Gasteiger charge is 2.19. The Morgan fingerprint density at radius 1 is 1.35 bits per heavy atom. The molecule has 20 heavy (non-hydrogen) atoms. The zero-order valence-electron chi connectivity index (χ0n) is 11.4. The van der Waals surface area contributed by atoms with Crippen LogP contribution in [0.25, 0.3) is 0 Å². The summed E-state index contributed by atoms with van der Waals surface area (Å²) in [7, 11) is -3.80. The van der Waals surface area contributed by atoms with E-state index in [0.717, 1.165) is 0 Å².